The maximum atomic E-state index is 12.0. The number of amides is 1. The Bertz CT molecular complexity index is 647. The molecule has 0 saturated heterocycles. The third kappa shape index (κ3) is 4.00. The first-order valence-corrected chi connectivity index (χ1v) is 6.23. The first-order valence-electron chi connectivity index (χ1n) is 6.23. The lowest BCUT2D eigenvalue weighted by molar-refractivity contribution is -0.131. The number of aromatic nitrogens is 3. The quantitative estimate of drug-likeness (QED) is 0.720. The largest absolute Gasteiger partial charge is 0.478 e. The van der Waals surface area contributed by atoms with E-state index in [2.05, 4.69) is 20.3 Å². The maximum absolute atomic E-state index is 12.0. The van der Waals surface area contributed by atoms with Crippen molar-refractivity contribution in [1.29, 1.82) is 0 Å². The van der Waals surface area contributed by atoms with Gasteiger partial charge in [-0.05, 0) is 24.6 Å². The van der Waals surface area contributed by atoms with E-state index in [1.807, 2.05) is 0 Å². The van der Waals surface area contributed by atoms with Crippen molar-refractivity contribution in [1.82, 2.24) is 20.3 Å². The van der Waals surface area contributed by atoms with Crippen LogP contribution in [0.4, 0.5) is 0 Å². The number of hydrogen-bond acceptors (Lipinski definition) is 4. The van der Waals surface area contributed by atoms with Crippen LogP contribution >= 0.6 is 0 Å². The fraction of sp³-hybridized carbons (Fsp3) is 0.143. The van der Waals surface area contributed by atoms with Gasteiger partial charge in [0.05, 0.1) is 6.04 Å². The molecule has 0 saturated carbocycles. The minimum Gasteiger partial charge on any atom is -0.478 e. The fourth-order valence-corrected chi connectivity index (χ4v) is 1.66. The predicted molar refractivity (Wildman–Crippen MR) is 75.4 cm³/mol. The Kier molecular flexibility index (Phi) is 4.45. The summed E-state index contributed by atoms with van der Waals surface area (Å²) in [6, 6.07) is 2.89. The van der Waals surface area contributed by atoms with E-state index >= 15 is 0 Å². The summed E-state index contributed by atoms with van der Waals surface area (Å²) in [7, 11) is 0. The number of rotatable bonds is 5. The van der Waals surface area contributed by atoms with Crippen molar-refractivity contribution < 1.29 is 14.7 Å². The number of imidazole rings is 1. The lowest BCUT2D eigenvalue weighted by Crippen LogP contribution is -2.28. The van der Waals surface area contributed by atoms with E-state index in [-0.39, 0.29) is 17.6 Å². The highest BCUT2D eigenvalue weighted by molar-refractivity contribution is 5.92. The number of carboxylic acids is 1. The summed E-state index contributed by atoms with van der Waals surface area (Å²) < 4.78 is 0. The number of carbonyl (C=O) groups is 2. The molecule has 7 heteroatoms. The van der Waals surface area contributed by atoms with Crippen molar-refractivity contribution >= 4 is 18.0 Å². The number of pyridine rings is 1. The summed E-state index contributed by atoms with van der Waals surface area (Å²) in [6.07, 6.45) is 7.14. The molecule has 0 spiro atoms. The van der Waals surface area contributed by atoms with Crippen molar-refractivity contribution in [2.45, 2.75) is 13.0 Å². The molecule has 0 fully saturated rings. The van der Waals surface area contributed by atoms with Gasteiger partial charge in [-0.15, -0.1) is 0 Å². The van der Waals surface area contributed by atoms with E-state index in [0.29, 0.717) is 11.4 Å². The minimum absolute atomic E-state index is 0.251. The number of H-pyrrole nitrogens is 1. The monoisotopic (exact) mass is 286 g/mol. The predicted octanol–water partition coefficient (Wildman–Crippen LogP) is 1.39. The van der Waals surface area contributed by atoms with Crippen LogP contribution in [0, 0.1) is 0 Å². The second-order valence-electron chi connectivity index (χ2n) is 4.32. The van der Waals surface area contributed by atoms with E-state index < -0.39 is 5.97 Å². The number of carbonyl (C=O) groups excluding carboxylic acids is 1. The number of nitrogens with zero attached hydrogens (tertiary/aromatic N) is 2. The first kappa shape index (κ1) is 14.4. The van der Waals surface area contributed by atoms with Crippen LogP contribution in [0.5, 0.6) is 0 Å². The molecule has 0 radical (unpaired) electrons. The number of aromatic amines is 1. The first-order chi connectivity index (χ1) is 10.1. The highest BCUT2D eigenvalue weighted by atomic mass is 16.4. The molecule has 7 nitrogen and oxygen atoms in total. The lowest BCUT2D eigenvalue weighted by Gasteiger charge is -2.10. The van der Waals surface area contributed by atoms with Crippen LogP contribution in [0.2, 0.25) is 0 Å². The molecule has 0 aliphatic rings. The molecule has 108 valence electrons. The summed E-state index contributed by atoms with van der Waals surface area (Å²) in [6.45, 7) is 1.81. The van der Waals surface area contributed by atoms with E-state index in [4.69, 9.17) is 5.11 Å². The van der Waals surface area contributed by atoms with Gasteiger partial charge in [-0.3, -0.25) is 9.78 Å². The number of carboxylic acid groups (broad SMARTS) is 1. The Balaban J connectivity index is 2.01. The van der Waals surface area contributed by atoms with Crippen LogP contribution in [0.1, 0.15) is 34.8 Å². The van der Waals surface area contributed by atoms with E-state index in [0.717, 1.165) is 6.08 Å². The Morgan fingerprint density at radius 1 is 1.38 bits per heavy atom. The Hall–Kier alpha value is -2.96. The second-order valence-corrected chi connectivity index (χ2v) is 4.32. The van der Waals surface area contributed by atoms with Crippen molar-refractivity contribution in [3.8, 4) is 0 Å². The van der Waals surface area contributed by atoms with Gasteiger partial charge in [0.2, 0.25) is 0 Å². The van der Waals surface area contributed by atoms with Gasteiger partial charge in [-0.1, -0.05) is 6.07 Å². The average Bonchev–Trinajstić information content (AvgIpc) is 3.00. The molecular weight excluding hydrogens is 272 g/mol. The normalized spacial score (nSPS) is 12.2. The molecular formula is C14H14N4O3. The zero-order valence-corrected chi connectivity index (χ0v) is 11.3. The van der Waals surface area contributed by atoms with E-state index in [9.17, 15) is 9.59 Å². The molecule has 2 aromatic heterocycles. The van der Waals surface area contributed by atoms with Gasteiger partial charge in [0, 0.05) is 24.7 Å². The van der Waals surface area contributed by atoms with Crippen LogP contribution in [0.25, 0.3) is 6.08 Å². The van der Waals surface area contributed by atoms with Gasteiger partial charge in [0.15, 0.2) is 0 Å². The number of aliphatic carboxylic acids is 1. The van der Waals surface area contributed by atoms with Gasteiger partial charge in [-0.25, -0.2) is 9.78 Å². The van der Waals surface area contributed by atoms with Crippen molar-refractivity contribution in [3.05, 3.63) is 53.9 Å². The molecule has 1 unspecified atom stereocenters. The molecule has 0 aromatic carbocycles. The summed E-state index contributed by atoms with van der Waals surface area (Å²) in [4.78, 5) is 33.4. The molecule has 21 heavy (non-hydrogen) atoms. The minimum atomic E-state index is -1.04. The van der Waals surface area contributed by atoms with E-state index in [1.165, 1.54) is 18.3 Å². The maximum Gasteiger partial charge on any atom is 0.328 e. The summed E-state index contributed by atoms with van der Waals surface area (Å²) in [5.41, 5.74) is 0.855. The van der Waals surface area contributed by atoms with Crippen molar-refractivity contribution in [3.63, 3.8) is 0 Å². The van der Waals surface area contributed by atoms with Crippen LogP contribution in [-0.2, 0) is 4.79 Å². The molecule has 1 amide bonds. The van der Waals surface area contributed by atoms with Crippen LogP contribution in [0.3, 0.4) is 0 Å². The SMILES string of the molecule is CC(NC(=O)c1ccc(/C=C/C(=O)O)cn1)c1ncc[nH]1. The molecule has 3 N–H and O–H groups in total. The molecule has 2 heterocycles. The lowest BCUT2D eigenvalue weighted by atomic mass is 10.2. The Labute approximate surface area is 120 Å². The molecule has 0 aliphatic carbocycles. The van der Waals surface area contributed by atoms with Crippen molar-refractivity contribution in [2.24, 2.45) is 0 Å². The fourth-order valence-electron chi connectivity index (χ4n) is 1.66. The summed E-state index contributed by atoms with van der Waals surface area (Å²) >= 11 is 0. The smallest absolute Gasteiger partial charge is 0.328 e. The second kappa shape index (κ2) is 6.47. The Morgan fingerprint density at radius 3 is 2.76 bits per heavy atom. The van der Waals surface area contributed by atoms with E-state index in [1.54, 1.807) is 25.4 Å². The Morgan fingerprint density at radius 2 is 2.19 bits per heavy atom. The average molecular weight is 286 g/mol. The highest BCUT2D eigenvalue weighted by Crippen LogP contribution is 2.08. The van der Waals surface area contributed by atoms with Crippen LogP contribution in [-0.4, -0.2) is 31.9 Å². The topological polar surface area (TPSA) is 108 Å². The molecule has 0 aliphatic heterocycles. The third-order valence-corrected chi connectivity index (χ3v) is 2.71. The standard InChI is InChI=1S/C14H14N4O3/c1-9(13-15-6-7-16-13)18-14(21)11-4-2-10(8-17-11)3-5-12(19)20/h2-9H,1H3,(H,15,16)(H,18,21)(H,19,20)/b5-3+. The molecule has 2 rings (SSSR count). The van der Waals surface area contributed by atoms with Gasteiger partial charge in [-0.2, -0.15) is 0 Å². The zero-order valence-electron chi connectivity index (χ0n) is 11.3. The van der Waals surface area contributed by atoms with Crippen molar-refractivity contribution in [2.75, 3.05) is 0 Å². The third-order valence-electron chi connectivity index (χ3n) is 2.71. The zero-order chi connectivity index (χ0) is 15.2. The number of nitrogens with one attached hydrogen (secondary N) is 2. The molecule has 2 aromatic rings. The number of hydrogen-bond donors (Lipinski definition) is 3. The van der Waals surface area contributed by atoms with Crippen LogP contribution in [0.15, 0.2) is 36.8 Å². The van der Waals surface area contributed by atoms with Gasteiger partial charge >= 0.3 is 5.97 Å². The summed E-state index contributed by atoms with van der Waals surface area (Å²) in [5, 5.41) is 11.3. The van der Waals surface area contributed by atoms with Gasteiger partial charge in [0.1, 0.15) is 11.5 Å². The highest BCUT2D eigenvalue weighted by Gasteiger charge is 2.13. The summed E-state index contributed by atoms with van der Waals surface area (Å²) in [5.74, 6) is -0.707. The van der Waals surface area contributed by atoms with Crippen LogP contribution < -0.4 is 5.32 Å². The molecule has 0 bridgehead atoms. The van der Waals surface area contributed by atoms with Gasteiger partial charge < -0.3 is 15.4 Å². The molecule has 1 atom stereocenters. The van der Waals surface area contributed by atoms with Gasteiger partial charge in [0.25, 0.3) is 5.91 Å².